The number of nitrogens with zero attached hydrogens (tertiary/aromatic N) is 3. The zero-order valence-electron chi connectivity index (χ0n) is 18.1. The lowest BCUT2D eigenvalue weighted by atomic mass is 9.89. The molecule has 1 N–H and O–H groups in total. The Hall–Kier alpha value is -2.82. The largest absolute Gasteiger partial charge is 0.378 e. The van der Waals surface area contributed by atoms with Crippen LogP contribution in [0.15, 0.2) is 29.4 Å². The first-order valence-electron chi connectivity index (χ1n) is 10.4. The summed E-state index contributed by atoms with van der Waals surface area (Å²) in [4.78, 5) is 21.0. The van der Waals surface area contributed by atoms with Gasteiger partial charge in [-0.1, -0.05) is 0 Å². The average molecular weight is 457 g/mol. The van der Waals surface area contributed by atoms with E-state index >= 15 is 0 Å². The standard InChI is InChI=1S/C22H24N4O5S/c1-13(27)24-20-8-15-16(11-26(2)18(15)10-23-20)17-9-19(32(3,28)29)14-4-6-31-22(21(14)25-17)5-7-30-12-22/h8-11H,4-7,12H2,1-3H3,(H,23,24,27). The van der Waals surface area contributed by atoms with Gasteiger partial charge < -0.3 is 19.4 Å². The minimum Gasteiger partial charge on any atom is -0.378 e. The molecule has 1 unspecified atom stereocenters. The van der Waals surface area contributed by atoms with E-state index in [9.17, 15) is 13.2 Å². The molecule has 3 aromatic heterocycles. The highest BCUT2D eigenvalue weighted by Crippen LogP contribution is 2.42. The van der Waals surface area contributed by atoms with Gasteiger partial charge in [0.2, 0.25) is 5.91 Å². The minimum atomic E-state index is -3.50. The predicted octanol–water partition coefficient (Wildman–Crippen LogP) is 2.19. The SMILES string of the molecule is CC(=O)Nc1cc2c(-c3cc(S(C)(=O)=O)c4c(n3)C3(CCOC3)OCC4)cn(C)c2cn1. The van der Waals surface area contributed by atoms with Crippen LogP contribution in [0.2, 0.25) is 0 Å². The van der Waals surface area contributed by atoms with E-state index in [0.29, 0.717) is 55.4 Å². The Balaban J connectivity index is 1.78. The van der Waals surface area contributed by atoms with E-state index in [1.807, 2.05) is 17.8 Å². The van der Waals surface area contributed by atoms with E-state index in [4.69, 9.17) is 14.5 Å². The summed E-state index contributed by atoms with van der Waals surface area (Å²) >= 11 is 0. The predicted molar refractivity (Wildman–Crippen MR) is 118 cm³/mol. The van der Waals surface area contributed by atoms with E-state index in [-0.39, 0.29) is 10.8 Å². The lowest BCUT2D eigenvalue weighted by Crippen LogP contribution is -2.38. The molecular weight excluding hydrogens is 432 g/mol. The molecule has 2 aliphatic heterocycles. The van der Waals surface area contributed by atoms with Crippen molar-refractivity contribution in [3.63, 3.8) is 0 Å². The normalized spacial score (nSPS) is 20.6. The highest BCUT2D eigenvalue weighted by Gasteiger charge is 2.45. The maximum absolute atomic E-state index is 12.8. The number of hydrogen-bond acceptors (Lipinski definition) is 7. The fourth-order valence-corrected chi connectivity index (χ4v) is 5.60. The Morgan fingerprint density at radius 3 is 2.78 bits per heavy atom. The molecule has 3 aromatic rings. The number of aromatic nitrogens is 3. The molecule has 0 aliphatic carbocycles. The molecule has 1 saturated heterocycles. The minimum absolute atomic E-state index is 0.221. The molecule has 0 bridgehead atoms. The zero-order valence-corrected chi connectivity index (χ0v) is 19.0. The quantitative estimate of drug-likeness (QED) is 0.643. The van der Waals surface area contributed by atoms with Gasteiger partial charge in [0, 0.05) is 50.4 Å². The lowest BCUT2D eigenvalue weighted by molar-refractivity contribution is -0.114. The number of pyridine rings is 2. The van der Waals surface area contributed by atoms with Crippen LogP contribution in [0.25, 0.3) is 22.2 Å². The fraction of sp³-hybridized carbons (Fsp3) is 0.409. The molecule has 2 aliphatic rings. The van der Waals surface area contributed by atoms with Crippen molar-refractivity contribution in [2.24, 2.45) is 7.05 Å². The van der Waals surface area contributed by atoms with Gasteiger partial charge in [0.25, 0.3) is 0 Å². The topological polar surface area (TPSA) is 112 Å². The van der Waals surface area contributed by atoms with Crippen molar-refractivity contribution in [2.45, 2.75) is 30.3 Å². The van der Waals surface area contributed by atoms with E-state index < -0.39 is 15.4 Å². The summed E-state index contributed by atoms with van der Waals surface area (Å²) in [5, 5.41) is 3.51. The van der Waals surface area contributed by atoms with Crippen LogP contribution in [0.5, 0.6) is 0 Å². The van der Waals surface area contributed by atoms with Crippen LogP contribution < -0.4 is 5.32 Å². The lowest BCUT2D eigenvalue weighted by Gasteiger charge is -2.34. The van der Waals surface area contributed by atoms with E-state index in [2.05, 4.69) is 10.3 Å². The molecule has 32 heavy (non-hydrogen) atoms. The molecule has 0 radical (unpaired) electrons. The molecular formula is C22H24N4O5S. The molecule has 1 atom stereocenters. The first kappa shape index (κ1) is 21.0. The number of sulfone groups is 1. The second kappa shape index (κ2) is 7.36. The van der Waals surface area contributed by atoms with Crippen LogP contribution in [0.3, 0.4) is 0 Å². The Kier molecular flexibility index (Phi) is 4.84. The van der Waals surface area contributed by atoms with E-state index in [0.717, 1.165) is 16.5 Å². The van der Waals surface area contributed by atoms with Gasteiger partial charge in [0.05, 0.1) is 41.2 Å². The number of nitrogens with one attached hydrogen (secondary N) is 1. The summed E-state index contributed by atoms with van der Waals surface area (Å²) in [6.45, 7) is 2.75. The number of fused-ring (bicyclic) bond motifs is 3. The Morgan fingerprint density at radius 1 is 1.28 bits per heavy atom. The van der Waals surface area contributed by atoms with Crippen LogP contribution in [0.4, 0.5) is 5.82 Å². The number of rotatable bonds is 3. The van der Waals surface area contributed by atoms with Crippen LogP contribution >= 0.6 is 0 Å². The number of hydrogen-bond donors (Lipinski definition) is 1. The molecule has 1 spiro atoms. The number of ether oxygens (including phenoxy) is 2. The molecule has 0 saturated carbocycles. The Morgan fingerprint density at radius 2 is 2.09 bits per heavy atom. The van der Waals surface area contributed by atoms with Gasteiger partial charge >= 0.3 is 0 Å². The second-order valence-electron chi connectivity index (χ2n) is 8.42. The van der Waals surface area contributed by atoms with Gasteiger partial charge in [0.15, 0.2) is 9.84 Å². The summed E-state index contributed by atoms with van der Waals surface area (Å²) in [7, 11) is -1.62. The number of aryl methyl sites for hydroxylation is 1. The van der Waals surface area contributed by atoms with Crippen molar-refractivity contribution in [2.75, 3.05) is 31.4 Å². The maximum Gasteiger partial charge on any atom is 0.222 e. The van der Waals surface area contributed by atoms with E-state index in [1.165, 1.54) is 13.2 Å². The van der Waals surface area contributed by atoms with E-state index in [1.54, 1.807) is 18.3 Å². The van der Waals surface area contributed by atoms with Crippen LogP contribution in [-0.2, 0) is 43.2 Å². The monoisotopic (exact) mass is 456 g/mol. The van der Waals surface area contributed by atoms with Crippen molar-refractivity contribution in [3.05, 3.63) is 35.8 Å². The van der Waals surface area contributed by atoms with Crippen molar-refractivity contribution >= 4 is 32.5 Å². The third kappa shape index (κ3) is 3.39. The highest BCUT2D eigenvalue weighted by molar-refractivity contribution is 7.90. The average Bonchev–Trinajstić information content (AvgIpc) is 3.32. The number of anilines is 1. The molecule has 10 heteroatoms. The molecule has 5 heterocycles. The third-order valence-corrected chi connectivity index (χ3v) is 7.25. The van der Waals surface area contributed by atoms with Crippen LogP contribution in [-0.4, -0.2) is 54.9 Å². The molecule has 168 valence electrons. The van der Waals surface area contributed by atoms with Gasteiger partial charge in [-0.15, -0.1) is 0 Å². The van der Waals surface area contributed by atoms with Crippen molar-refractivity contribution in [1.82, 2.24) is 14.5 Å². The maximum atomic E-state index is 12.8. The molecule has 5 rings (SSSR count). The number of carbonyl (C=O) groups excluding carboxylic acids is 1. The fourth-order valence-electron chi connectivity index (χ4n) is 4.63. The number of carbonyl (C=O) groups is 1. The Bertz CT molecular complexity index is 1360. The summed E-state index contributed by atoms with van der Waals surface area (Å²) in [6.07, 6.45) is 5.91. The third-order valence-electron chi connectivity index (χ3n) is 6.09. The molecule has 1 amide bonds. The van der Waals surface area contributed by atoms with Crippen molar-refractivity contribution < 1.29 is 22.7 Å². The molecule has 0 aromatic carbocycles. The van der Waals surface area contributed by atoms with Gasteiger partial charge in [-0.05, 0) is 24.1 Å². The van der Waals surface area contributed by atoms with Crippen molar-refractivity contribution in [3.8, 4) is 11.3 Å². The second-order valence-corrected chi connectivity index (χ2v) is 10.4. The summed E-state index contributed by atoms with van der Waals surface area (Å²) < 4.78 is 39.2. The van der Waals surface area contributed by atoms with Crippen molar-refractivity contribution in [1.29, 1.82) is 0 Å². The molecule has 1 fully saturated rings. The van der Waals surface area contributed by atoms with Crippen LogP contribution in [0.1, 0.15) is 24.6 Å². The first-order valence-corrected chi connectivity index (χ1v) is 12.3. The number of amides is 1. The Labute approximate surface area is 185 Å². The zero-order chi connectivity index (χ0) is 22.7. The van der Waals surface area contributed by atoms with Crippen LogP contribution in [0, 0.1) is 0 Å². The first-order chi connectivity index (χ1) is 15.2. The van der Waals surface area contributed by atoms with Gasteiger partial charge in [-0.25, -0.2) is 18.4 Å². The van der Waals surface area contributed by atoms with Gasteiger partial charge in [0.1, 0.15) is 11.4 Å². The molecule has 9 nitrogen and oxygen atoms in total. The smallest absolute Gasteiger partial charge is 0.222 e. The van der Waals surface area contributed by atoms with Gasteiger partial charge in [-0.2, -0.15) is 0 Å². The van der Waals surface area contributed by atoms with Gasteiger partial charge in [-0.3, -0.25) is 4.79 Å². The summed E-state index contributed by atoms with van der Waals surface area (Å²) in [6, 6.07) is 3.43. The summed E-state index contributed by atoms with van der Waals surface area (Å²) in [5.41, 5.74) is 2.76. The highest BCUT2D eigenvalue weighted by atomic mass is 32.2. The summed E-state index contributed by atoms with van der Waals surface area (Å²) in [5.74, 6) is 0.198.